The van der Waals surface area contributed by atoms with Crippen molar-refractivity contribution in [3.8, 4) is 0 Å². The van der Waals surface area contributed by atoms with Crippen molar-refractivity contribution in [2.75, 3.05) is 0 Å². The summed E-state index contributed by atoms with van der Waals surface area (Å²) in [6.07, 6.45) is 6.13. The van der Waals surface area contributed by atoms with Crippen LogP contribution < -0.4 is 0 Å². The lowest BCUT2D eigenvalue weighted by molar-refractivity contribution is 0.0408. The van der Waals surface area contributed by atoms with Crippen molar-refractivity contribution in [2.24, 2.45) is 12.5 Å². The summed E-state index contributed by atoms with van der Waals surface area (Å²) < 4.78 is 2.98. The minimum absolute atomic E-state index is 0.0933. The average Bonchev–Trinajstić information content (AvgIpc) is 2.89. The maximum absolute atomic E-state index is 10.5. The molecule has 0 aliphatic heterocycles. The Bertz CT molecular complexity index is 422. The molecule has 1 aromatic rings. The van der Waals surface area contributed by atoms with Crippen LogP contribution in [0.1, 0.15) is 50.9 Å². The van der Waals surface area contributed by atoms with E-state index in [0.29, 0.717) is 6.42 Å². The van der Waals surface area contributed by atoms with E-state index in [4.69, 9.17) is 0 Å². The summed E-state index contributed by atoms with van der Waals surface area (Å²) in [7, 11) is 1.96. The Morgan fingerprint density at radius 3 is 2.56 bits per heavy atom. The third kappa shape index (κ3) is 2.50. The van der Waals surface area contributed by atoms with Crippen LogP contribution in [0.15, 0.2) is 4.47 Å². The van der Waals surface area contributed by atoms with E-state index in [-0.39, 0.29) is 11.5 Å². The van der Waals surface area contributed by atoms with E-state index >= 15 is 0 Å². The van der Waals surface area contributed by atoms with Gasteiger partial charge in [0.25, 0.3) is 0 Å². The molecule has 1 fully saturated rings. The van der Waals surface area contributed by atoms with Crippen LogP contribution >= 0.6 is 15.9 Å². The Kier molecular flexibility index (Phi) is 4.17. The monoisotopic (exact) mass is 314 g/mol. The molecule has 1 saturated carbocycles. The lowest BCUT2D eigenvalue weighted by Gasteiger charge is -2.30. The highest BCUT2D eigenvalue weighted by Gasteiger charge is 2.36. The fourth-order valence-electron chi connectivity index (χ4n) is 2.99. The third-order valence-electron chi connectivity index (χ3n) is 4.44. The Morgan fingerprint density at radius 2 is 2.06 bits per heavy atom. The molecule has 3 nitrogen and oxygen atoms in total. The molecule has 1 heterocycles. The summed E-state index contributed by atoms with van der Waals surface area (Å²) in [5.41, 5.74) is 2.29. The van der Waals surface area contributed by atoms with Gasteiger partial charge in [-0.3, -0.25) is 4.68 Å². The van der Waals surface area contributed by atoms with Gasteiger partial charge in [0.05, 0.1) is 22.0 Å². The van der Waals surface area contributed by atoms with Crippen molar-refractivity contribution < 1.29 is 5.11 Å². The largest absolute Gasteiger partial charge is 0.392 e. The predicted molar refractivity (Wildman–Crippen MR) is 76.6 cm³/mol. The summed E-state index contributed by atoms with van der Waals surface area (Å²) in [5.74, 6) is 0. The van der Waals surface area contributed by atoms with Gasteiger partial charge in [0.1, 0.15) is 0 Å². The Balaban J connectivity index is 2.16. The van der Waals surface area contributed by atoms with Crippen molar-refractivity contribution in [1.29, 1.82) is 0 Å². The molecule has 0 radical (unpaired) electrons. The molecule has 1 aromatic heterocycles. The molecule has 0 spiro atoms. The second-order valence-electron chi connectivity index (χ2n) is 5.77. The number of hydrogen-bond acceptors (Lipinski definition) is 2. The van der Waals surface area contributed by atoms with Gasteiger partial charge in [0.15, 0.2) is 0 Å². The van der Waals surface area contributed by atoms with Crippen LogP contribution in [0.2, 0.25) is 0 Å². The van der Waals surface area contributed by atoms with E-state index in [1.807, 2.05) is 11.7 Å². The van der Waals surface area contributed by atoms with E-state index in [1.165, 1.54) is 12.8 Å². The number of rotatable bonds is 4. The zero-order valence-corrected chi connectivity index (χ0v) is 13.1. The Labute approximate surface area is 118 Å². The van der Waals surface area contributed by atoms with Crippen LogP contribution in [0.4, 0.5) is 0 Å². The first-order valence-corrected chi connectivity index (χ1v) is 7.65. The highest BCUT2D eigenvalue weighted by Crippen LogP contribution is 2.42. The Hall–Kier alpha value is -0.350. The number of aryl methyl sites for hydroxylation is 2. The lowest BCUT2D eigenvalue weighted by atomic mass is 9.80. The molecular formula is C14H23BrN2O. The zero-order chi connectivity index (χ0) is 13.3. The smallest absolute Gasteiger partial charge is 0.0766 e. The van der Waals surface area contributed by atoms with Gasteiger partial charge in [-0.25, -0.2) is 0 Å². The summed E-state index contributed by atoms with van der Waals surface area (Å²) in [5, 5.41) is 15.0. The molecule has 1 aliphatic rings. The topological polar surface area (TPSA) is 38.0 Å². The van der Waals surface area contributed by atoms with Crippen LogP contribution in [-0.4, -0.2) is 21.0 Å². The van der Waals surface area contributed by atoms with Crippen LogP contribution in [0.25, 0.3) is 0 Å². The highest BCUT2D eigenvalue weighted by molar-refractivity contribution is 9.10. The first kappa shape index (κ1) is 14.1. The summed E-state index contributed by atoms with van der Waals surface area (Å²) in [4.78, 5) is 0. The standard InChI is InChI=1S/C14H23BrN2O/c1-4-10-13(15)11(17(3)16-10)9-12(18)14(2)7-5-6-8-14/h12,18H,4-9H2,1-3H3. The molecule has 2 rings (SSSR count). The van der Waals surface area contributed by atoms with Crippen LogP contribution in [0, 0.1) is 5.41 Å². The number of aliphatic hydroxyl groups is 1. The molecular weight excluding hydrogens is 292 g/mol. The summed E-state index contributed by atoms with van der Waals surface area (Å²) >= 11 is 3.62. The summed E-state index contributed by atoms with van der Waals surface area (Å²) in [6, 6.07) is 0. The first-order chi connectivity index (χ1) is 8.48. The molecule has 1 aliphatic carbocycles. The predicted octanol–water partition coefficient (Wildman–Crippen LogP) is 3.23. The van der Waals surface area contributed by atoms with E-state index in [0.717, 1.165) is 35.1 Å². The van der Waals surface area contributed by atoms with E-state index in [2.05, 4.69) is 34.9 Å². The fraction of sp³-hybridized carbons (Fsp3) is 0.786. The number of nitrogens with zero attached hydrogens (tertiary/aromatic N) is 2. The van der Waals surface area contributed by atoms with E-state index in [1.54, 1.807) is 0 Å². The van der Waals surface area contributed by atoms with E-state index in [9.17, 15) is 5.11 Å². The molecule has 18 heavy (non-hydrogen) atoms. The van der Waals surface area contributed by atoms with Gasteiger partial charge in [-0.1, -0.05) is 26.7 Å². The molecule has 4 heteroatoms. The number of aromatic nitrogens is 2. The summed E-state index contributed by atoms with van der Waals surface area (Å²) in [6.45, 7) is 4.32. The van der Waals surface area contributed by atoms with Gasteiger partial charge >= 0.3 is 0 Å². The second-order valence-corrected chi connectivity index (χ2v) is 6.56. The number of hydrogen-bond donors (Lipinski definition) is 1. The van der Waals surface area contributed by atoms with E-state index < -0.39 is 0 Å². The van der Waals surface area contributed by atoms with Crippen molar-refractivity contribution in [1.82, 2.24) is 9.78 Å². The molecule has 0 amide bonds. The maximum atomic E-state index is 10.5. The molecule has 1 atom stereocenters. The molecule has 0 aromatic carbocycles. The number of halogens is 1. The molecule has 1 N–H and O–H groups in total. The second kappa shape index (κ2) is 5.33. The van der Waals surface area contributed by atoms with Gasteiger partial charge in [-0.15, -0.1) is 0 Å². The first-order valence-electron chi connectivity index (χ1n) is 6.86. The van der Waals surface area contributed by atoms with Gasteiger partial charge in [0.2, 0.25) is 0 Å². The molecule has 1 unspecified atom stereocenters. The van der Waals surface area contributed by atoms with Crippen LogP contribution in [-0.2, 0) is 19.9 Å². The van der Waals surface area contributed by atoms with Gasteiger partial charge in [-0.05, 0) is 40.6 Å². The van der Waals surface area contributed by atoms with Gasteiger partial charge in [-0.2, -0.15) is 5.10 Å². The highest BCUT2D eigenvalue weighted by atomic mass is 79.9. The van der Waals surface area contributed by atoms with Crippen LogP contribution in [0.3, 0.4) is 0 Å². The number of aliphatic hydroxyl groups excluding tert-OH is 1. The lowest BCUT2D eigenvalue weighted by Crippen LogP contribution is -2.32. The van der Waals surface area contributed by atoms with Gasteiger partial charge in [0, 0.05) is 13.5 Å². The van der Waals surface area contributed by atoms with Crippen molar-refractivity contribution in [2.45, 2.75) is 58.5 Å². The zero-order valence-electron chi connectivity index (χ0n) is 11.5. The minimum Gasteiger partial charge on any atom is -0.392 e. The minimum atomic E-state index is -0.267. The SMILES string of the molecule is CCc1nn(C)c(CC(O)C2(C)CCCC2)c1Br. The average molecular weight is 315 g/mol. The third-order valence-corrected chi connectivity index (χ3v) is 5.36. The molecule has 102 valence electrons. The Morgan fingerprint density at radius 1 is 1.44 bits per heavy atom. The normalized spacial score (nSPS) is 20.3. The van der Waals surface area contributed by atoms with Crippen molar-refractivity contribution >= 4 is 15.9 Å². The van der Waals surface area contributed by atoms with Crippen molar-refractivity contribution in [3.63, 3.8) is 0 Å². The molecule has 0 bridgehead atoms. The van der Waals surface area contributed by atoms with Crippen molar-refractivity contribution in [3.05, 3.63) is 15.9 Å². The quantitative estimate of drug-likeness (QED) is 0.926. The fourth-order valence-corrected chi connectivity index (χ4v) is 3.77. The molecule has 0 saturated heterocycles. The van der Waals surface area contributed by atoms with Gasteiger partial charge < -0.3 is 5.11 Å². The van der Waals surface area contributed by atoms with Crippen LogP contribution in [0.5, 0.6) is 0 Å². The maximum Gasteiger partial charge on any atom is 0.0766 e.